The van der Waals surface area contributed by atoms with Gasteiger partial charge in [0.2, 0.25) is 0 Å². The molecule has 1 aromatic carbocycles. The summed E-state index contributed by atoms with van der Waals surface area (Å²) in [4.78, 5) is 10.8. The molecule has 2 atom stereocenters. The van der Waals surface area contributed by atoms with Crippen molar-refractivity contribution in [2.24, 2.45) is 0 Å². The predicted molar refractivity (Wildman–Crippen MR) is 115 cm³/mol. The Morgan fingerprint density at radius 3 is 2.73 bits per heavy atom. The molecule has 0 spiro atoms. The van der Waals surface area contributed by atoms with Crippen LogP contribution in [0.4, 0.5) is 5.82 Å². The Kier molecular flexibility index (Phi) is 6.43. The van der Waals surface area contributed by atoms with Crippen LogP contribution in [0.25, 0.3) is 0 Å². The van der Waals surface area contributed by atoms with E-state index in [9.17, 15) is 0 Å². The average Bonchev–Trinajstić information content (AvgIpc) is 3.27. The van der Waals surface area contributed by atoms with Gasteiger partial charge in [-0.2, -0.15) is 5.26 Å². The largest absolute Gasteiger partial charge is 0.496 e. The summed E-state index contributed by atoms with van der Waals surface area (Å²) in [6.07, 6.45) is 6.28. The summed E-state index contributed by atoms with van der Waals surface area (Å²) in [6, 6.07) is 8.78. The van der Waals surface area contributed by atoms with Gasteiger partial charge in [0.25, 0.3) is 0 Å². The van der Waals surface area contributed by atoms with Crippen LogP contribution in [0.2, 0.25) is 0 Å². The van der Waals surface area contributed by atoms with Gasteiger partial charge in [-0.05, 0) is 50.0 Å². The molecule has 2 unspecified atom stereocenters. The van der Waals surface area contributed by atoms with Crippen molar-refractivity contribution >= 4 is 5.82 Å². The van der Waals surface area contributed by atoms with Crippen LogP contribution in [-0.4, -0.2) is 47.8 Å². The molecule has 2 fully saturated rings. The minimum Gasteiger partial charge on any atom is -0.496 e. The standard InChI is InChI=1S/C22H29N7O/c1-3-29-8-6-15(7-9-29)16-4-5-18(20(10-16)30-2)19-11-21(28-27-19)26-22-14-24-17(12-23)13-25-22/h4-5,10,13-15,19,21,27-28H,3,6-9,11H2,1-2H3,(H,25,26). The molecule has 0 bridgehead atoms. The Hall–Kier alpha value is -2.73. The van der Waals surface area contributed by atoms with E-state index in [1.807, 2.05) is 6.07 Å². The molecular weight excluding hydrogens is 378 g/mol. The number of hydrogen-bond acceptors (Lipinski definition) is 8. The zero-order valence-corrected chi connectivity index (χ0v) is 17.6. The number of nitrogens with zero attached hydrogens (tertiary/aromatic N) is 4. The molecule has 2 aliphatic heterocycles. The topological polar surface area (TPSA) is 98.1 Å². The SMILES string of the molecule is CCN1CCC(c2ccc(C3CC(Nc4cnc(C#N)cn4)NN3)c(OC)c2)CC1. The van der Waals surface area contributed by atoms with Crippen LogP contribution in [-0.2, 0) is 0 Å². The van der Waals surface area contributed by atoms with Crippen LogP contribution in [0.1, 0.15) is 55.0 Å². The van der Waals surface area contributed by atoms with Gasteiger partial charge in [0.1, 0.15) is 17.6 Å². The molecular formula is C22H29N7O. The molecule has 4 rings (SSSR count). The van der Waals surface area contributed by atoms with Gasteiger partial charge in [0, 0.05) is 12.0 Å². The second-order valence-electron chi connectivity index (χ2n) is 7.88. The molecule has 3 N–H and O–H groups in total. The Balaban J connectivity index is 1.40. The third-order valence-corrected chi connectivity index (χ3v) is 6.13. The molecule has 1 aromatic heterocycles. The first kappa shape index (κ1) is 20.5. The summed E-state index contributed by atoms with van der Waals surface area (Å²) < 4.78 is 5.76. The van der Waals surface area contributed by atoms with Gasteiger partial charge >= 0.3 is 0 Å². The number of methoxy groups -OCH3 is 1. The zero-order valence-electron chi connectivity index (χ0n) is 17.6. The number of nitrogens with one attached hydrogen (secondary N) is 3. The average molecular weight is 408 g/mol. The highest BCUT2D eigenvalue weighted by Gasteiger charge is 2.28. The number of rotatable bonds is 6. The number of benzene rings is 1. The van der Waals surface area contributed by atoms with Gasteiger partial charge in [-0.25, -0.2) is 20.8 Å². The summed E-state index contributed by atoms with van der Waals surface area (Å²) in [6.45, 7) is 5.71. The Morgan fingerprint density at radius 1 is 1.23 bits per heavy atom. The number of hydrogen-bond donors (Lipinski definition) is 3. The molecule has 0 radical (unpaired) electrons. The fraction of sp³-hybridized carbons (Fsp3) is 0.500. The van der Waals surface area contributed by atoms with Crippen LogP contribution >= 0.6 is 0 Å². The molecule has 2 aliphatic rings. The highest BCUT2D eigenvalue weighted by molar-refractivity contribution is 5.42. The van der Waals surface area contributed by atoms with E-state index in [0.717, 1.165) is 24.3 Å². The van der Waals surface area contributed by atoms with Crippen LogP contribution < -0.4 is 20.9 Å². The predicted octanol–water partition coefficient (Wildman–Crippen LogP) is 2.53. The lowest BCUT2D eigenvalue weighted by Crippen LogP contribution is -2.36. The van der Waals surface area contributed by atoms with E-state index in [0.29, 0.717) is 17.4 Å². The normalized spacial score (nSPS) is 22.6. The van der Waals surface area contributed by atoms with E-state index < -0.39 is 0 Å². The van der Waals surface area contributed by atoms with Crippen molar-refractivity contribution in [1.82, 2.24) is 25.7 Å². The fourth-order valence-corrected chi connectivity index (χ4v) is 4.35. The molecule has 158 valence electrons. The maximum Gasteiger partial charge on any atom is 0.158 e. The third kappa shape index (κ3) is 4.54. The molecule has 2 saturated heterocycles. The van der Waals surface area contributed by atoms with Gasteiger partial charge in [-0.1, -0.05) is 19.1 Å². The molecule has 2 aromatic rings. The number of anilines is 1. The van der Waals surface area contributed by atoms with Crippen LogP contribution in [0, 0.1) is 11.3 Å². The van der Waals surface area contributed by atoms with E-state index in [2.05, 4.69) is 56.2 Å². The maximum absolute atomic E-state index is 8.84. The molecule has 0 amide bonds. The van der Waals surface area contributed by atoms with Crippen LogP contribution in [0.5, 0.6) is 5.75 Å². The van der Waals surface area contributed by atoms with E-state index in [-0.39, 0.29) is 12.2 Å². The van der Waals surface area contributed by atoms with E-state index >= 15 is 0 Å². The monoisotopic (exact) mass is 407 g/mol. The lowest BCUT2D eigenvalue weighted by Gasteiger charge is -2.31. The first-order valence-electron chi connectivity index (χ1n) is 10.6. The van der Waals surface area contributed by atoms with Crippen LogP contribution in [0.3, 0.4) is 0 Å². The molecule has 0 aliphatic carbocycles. The van der Waals surface area contributed by atoms with Crippen molar-refractivity contribution in [3.05, 3.63) is 47.4 Å². The number of aromatic nitrogens is 2. The molecule has 3 heterocycles. The van der Waals surface area contributed by atoms with Crippen molar-refractivity contribution in [2.75, 3.05) is 32.1 Å². The number of likely N-dealkylation sites (tertiary alicyclic amines) is 1. The number of hydrazine groups is 1. The minimum absolute atomic E-state index is 0.00000955. The highest BCUT2D eigenvalue weighted by Crippen LogP contribution is 2.35. The van der Waals surface area contributed by atoms with Gasteiger partial charge in [0.15, 0.2) is 5.69 Å². The zero-order chi connectivity index (χ0) is 20.9. The van der Waals surface area contributed by atoms with Gasteiger partial charge in [-0.15, -0.1) is 0 Å². The van der Waals surface area contributed by atoms with Crippen molar-refractivity contribution in [1.29, 1.82) is 5.26 Å². The fourth-order valence-electron chi connectivity index (χ4n) is 4.35. The van der Waals surface area contributed by atoms with Gasteiger partial charge in [0.05, 0.1) is 31.7 Å². The maximum atomic E-state index is 8.84. The van der Waals surface area contributed by atoms with Crippen molar-refractivity contribution in [2.45, 2.75) is 44.3 Å². The Morgan fingerprint density at radius 2 is 2.07 bits per heavy atom. The molecule has 30 heavy (non-hydrogen) atoms. The first-order valence-corrected chi connectivity index (χ1v) is 10.6. The summed E-state index contributed by atoms with van der Waals surface area (Å²) in [7, 11) is 1.74. The first-order chi connectivity index (χ1) is 14.7. The lowest BCUT2D eigenvalue weighted by atomic mass is 9.88. The molecule has 8 nitrogen and oxygen atoms in total. The number of piperidine rings is 1. The molecule has 0 saturated carbocycles. The minimum atomic E-state index is -0.00000955. The van der Waals surface area contributed by atoms with Gasteiger partial charge < -0.3 is 15.0 Å². The summed E-state index contributed by atoms with van der Waals surface area (Å²) in [5, 5.41) is 12.1. The smallest absolute Gasteiger partial charge is 0.158 e. The van der Waals surface area contributed by atoms with E-state index in [1.54, 1.807) is 13.3 Å². The van der Waals surface area contributed by atoms with Crippen LogP contribution in [0.15, 0.2) is 30.6 Å². The van der Waals surface area contributed by atoms with Crippen molar-refractivity contribution < 1.29 is 4.74 Å². The highest BCUT2D eigenvalue weighted by atomic mass is 16.5. The number of nitriles is 1. The lowest BCUT2D eigenvalue weighted by molar-refractivity contribution is 0.222. The molecule has 8 heteroatoms. The second-order valence-corrected chi connectivity index (χ2v) is 7.88. The van der Waals surface area contributed by atoms with Crippen molar-refractivity contribution in [3.8, 4) is 11.8 Å². The summed E-state index contributed by atoms with van der Waals surface area (Å²) >= 11 is 0. The van der Waals surface area contributed by atoms with Gasteiger partial charge in [-0.3, -0.25) is 0 Å². The Bertz CT molecular complexity index is 887. The van der Waals surface area contributed by atoms with E-state index in [4.69, 9.17) is 10.00 Å². The Labute approximate surface area is 177 Å². The second kappa shape index (κ2) is 9.39. The van der Waals surface area contributed by atoms with Crippen molar-refractivity contribution in [3.63, 3.8) is 0 Å². The third-order valence-electron chi connectivity index (χ3n) is 6.13. The number of ether oxygens (including phenoxy) is 1. The van der Waals surface area contributed by atoms with E-state index in [1.165, 1.54) is 37.7 Å². The quantitative estimate of drug-likeness (QED) is 0.672. The summed E-state index contributed by atoms with van der Waals surface area (Å²) in [5.41, 5.74) is 9.45. The summed E-state index contributed by atoms with van der Waals surface area (Å²) in [5.74, 6) is 2.17.